The Hall–Kier alpha value is -2.79. The summed E-state index contributed by atoms with van der Waals surface area (Å²) >= 11 is -1.73. The van der Waals surface area contributed by atoms with Gasteiger partial charge >= 0.3 is 0 Å². The van der Waals surface area contributed by atoms with E-state index in [4.69, 9.17) is 5.41 Å². The van der Waals surface area contributed by atoms with Crippen LogP contribution in [0, 0.1) is 17.0 Å². The number of hydrogen-bond donors (Lipinski definition) is 3. The van der Waals surface area contributed by atoms with Gasteiger partial charge in [0.2, 0.25) is 5.96 Å². The monoisotopic (exact) mass is 437 g/mol. The largest absolute Gasteiger partial charge is 0.593 e. The Morgan fingerprint density at radius 2 is 2.17 bits per heavy atom. The van der Waals surface area contributed by atoms with E-state index < -0.39 is 45.9 Å². The minimum absolute atomic E-state index is 0.0173. The SMILES string of the molecule is CN1C(=N)NC2(c3cc(NC(=O)c4ccc(F)cn4)ccc3F)CC(F)CC2[S+]1[O-]. The molecule has 2 heterocycles. The van der Waals surface area contributed by atoms with Crippen LogP contribution in [0.5, 0.6) is 0 Å². The lowest BCUT2D eigenvalue weighted by Crippen LogP contribution is -2.65. The second kappa shape index (κ2) is 7.47. The van der Waals surface area contributed by atoms with Crippen LogP contribution in [0.4, 0.5) is 18.9 Å². The average Bonchev–Trinajstić information content (AvgIpc) is 3.05. The zero-order chi connectivity index (χ0) is 21.6. The molecule has 1 saturated heterocycles. The Labute approximate surface area is 173 Å². The average molecular weight is 437 g/mol. The summed E-state index contributed by atoms with van der Waals surface area (Å²) in [7, 11) is 1.45. The molecule has 1 saturated carbocycles. The van der Waals surface area contributed by atoms with Gasteiger partial charge in [0.15, 0.2) is 5.25 Å². The van der Waals surface area contributed by atoms with Gasteiger partial charge in [0, 0.05) is 24.1 Å². The first-order valence-corrected chi connectivity index (χ1v) is 10.3. The molecule has 0 spiro atoms. The Morgan fingerprint density at radius 1 is 1.40 bits per heavy atom. The van der Waals surface area contributed by atoms with Crippen LogP contribution in [0.25, 0.3) is 0 Å². The van der Waals surface area contributed by atoms with Crippen LogP contribution in [0.15, 0.2) is 36.5 Å². The molecule has 4 unspecified atom stereocenters. The third kappa shape index (κ3) is 3.37. The molecular weight excluding hydrogens is 419 g/mol. The molecule has 3 N–H and O–H groups in total. The first-order valence-electron chi connectivity index (χ1n) is 9.09. The Bertz CT molecular complexity index is 1010. The van der Waals surface area contributed by atoms with E-state index in [9.17, 15) is 22.5 Å². The van der Waals surface area contributed by atoms with Crippen LogP contribution in [-0.2, 0) is 16.9 Å². The highest BCUT2D eigenvalue weighted by molar-refractivity contribution is 7.90. The Balaban J connectivity index is 1.69. The minimum Gasteiger partial charge on any atom is -0.593 e. The van der Waals surface area contributed by atoms with E-state index in [-0.39, 0.29) is 35.7 Å². The number of halogens is 3. The number of hydrogen-bond acceptors (Lipinski definition) is 4. The number of guanidine groups is 1. The number of pyridine rings is 1. The van der Waals surface area contributed by atoms with Crippen LogP contribution < -0.4 is 10.6 Å². The van der Waals surface area contributed by atoms with Crippen LogP contribution in [0.2, 0.25) is 0 Å². The molecule has 30 heavy (non-hydrogen) atoms. The van der Waals surface area contributed by atoms with Crippen molar-refractivity contribution < 1.29 is 22.5 Å². The van der Waals surface area contributed by atoms with Gasteiger partial charge in [-0.3, -0.25) is 10.2 Å². The summed E-state index contributed by atoms with van der Waals surface area (Å²) in [6, 6.07) is 6.07. The normalized spacial score (nSPS) is 28.1. The molecule has 1 amide bonds. The fraction of sp³-hybridized carbons (Fsp3) is 0.316. The maximum Gasteiger partial charge on any atom is 0.274 e. The number of nitrogens with one attached hydrogen (secondary N) is 3. The molecule has 0 radical (unpaired) electrons. The lowest BCUT2D eigenvalue weighted by Gasteiger charge is -2.44. The molecule has 2 aliphatic rings. The zero-order valence-corrected chi connectivity index (χ0v) is 16.6. The highest BCUT2D eigenvalue weighted by Crippen LogP contribution is 2.48. The van der Waals surface area contributed by atoms with E-state index in [1.165, 1.54) is 29.6 Å². The first kappa shape index (κ1) is 20.5. The molecule has 1 aromatic carbocycles. The number of aromatic nitrogens is 1. The van der Waals surface area contributed by atoms with Gasteiger partial charge in [-0.1, -0.05) is 0 Å². The van der Waals surface area contributed by atoms with Gasteiger partial charge in [0.05, 0.1) is 24.6 Å². The molecule has 7 nitrogen and oxygen atoms in total. The number of amides is 1. The van der Waals surface area contributed by atoms with Crippen molar-refractivity contribution in [3.05, 3.63) is 59.4 Å². The summed E-state index contributed by atoms with van der Waals surface area (Å²) in [5, 5.41) is 12.7. The number of rotatable bonds is 3. The van der Waals surface area contributed by atoms with Gasteiger partial charge in [0.25, 0.3) is 5.91 Å². The number of benzene rings is 1. The van der Waals surface area contributed by atoms with E-state index in [1.807, 2.05) is 0 Å². The highest BCUT2D eigenvalue weighted by atomic mass is 32.2. The van der Waals surface area contributed by atoms with Crippen molar-refractivity contribution in [3.8, 4) is 0 Å². The summed E-state index contributed by atoms with van der Waals surface area (Å²) in [5.41, 5.74) is -1.20. The van der Waals surface area contributed by atoms with Gasteiger partial charge in [-0.2, -0.15) is 4.31 Å². The Kier molecular flexibility index (Phi) is 5.10. The molecule has 0 bridgehead atoms. The summed E-state index contributed by atoms with van der Waals surface area (Å²) in [6.45, 7) is 0. The molecular formula is C19H18F3N5O2S. The predicted octanol–water partition coefficient (Wildman–Crippen LogP) is 2.44. The molecule has 4 atom stereocenters. The van der Waals surface area contributed by atoms with E-state index in [1.54, 1.807) is 0 Å². The van der Waals surface area contributed by atoms with E-state index in [0.717, 1.165) is 18.3 Å². The van der Waals surface area contributed by atoms with Gasteiger partial charge in [-0.25, -0.2) is 18.2 Å². The third-order valence-electron chi connectivity index (χ3n) is 5.40. The molecule has 1 aromatic heterocycles. The van der Waals surface area contributed by atoms with Crippen molar-refractivity contribution in [2.24, 2.45) is 0 Å². The maximum atomic E-state index is 14.9. The number of anilines is 1. The first-order chi connectivity index (χ1) is 14.2. The number of alkyl halides is 1. The topological polar surface area (TPSA) is 104 Å². The molecule has 4 rings (SSSR count). The maximum absolute atomic E-state index is 14.9. The smallest absolute Gasteiger partial charge is 0.274 e. The molecule has 2 fully saturated rings. The van der Waals surface area contributed by atoms with Crippen molar-refractivity contribution in [1.29, 1.82) is 5.41 Å². The van der Waals surface area contributed by atoms with Crippen LogP contribution >= 0.6 is 0 Å². The van der Waals surface area contributed by atoms with Gasteiger partial charge in [-0.05, 0) is 30.3 Å². The second-order valence-corrected chi connectivity index (χ2v) is 8.92. The number of fused-ring (bicyclic) bond motifs is 1. The third-order valence-corrected chi connectivity index (χ3v) is 7.20. The van der Waals surface area contributed by atoms with E-state index >= 15 is 0 Å². The van der Waals surface area contributed by atoms with Crippen molar-refractivity contribution in [2.75, 3.05) is 12.4 Å². The number of nitrogens with zero attached hydrogens (tertiary/aromatic N) is 2. The Morgan fingerprint density at radius 3 is 2.87 bits per heavy atom. The van der Waals surface area contributed by atoms with Crippen LogP contribution in [0.1, 0.15) is 28.9 Å². The van der Waals surface area contributed by atoms with Crippen molar-refractivity contribution >= 4 is 28.9 Å². The summed E-state index contributed by atoms with van der Waals surface area (Å²) in [4.78, 5) is 16.1. The molecule has 158 valence electrons. The molecule has 2 aromatic rings. The highest BCUT2D eigenvalue weighted by Gasteiger charge is 2.61. The van der Waals surface area contributed by atoms with Crippen LogP contribution in [-0.4, -0.2) is 44.2 Å². The zero-order valence-electron chi connectivity index (χ0n) is 15.8. The van der Waals surface area contributed by atoms with Crippen molar-refractivity contribution in [1.82, 2.24) is 14.6 Å². The van der Waals surface area contributed by atoms with Crippen molar-refractivity contribution in [2.45, 2.75) is 29.8 Å². The lowest BCUT2D eigenvalue weighted by molar-refractivity contribution is 0.102. The standard InChI is InChI=1S/C19H18F3N5O2S/c1-27-18(23)26-19(8-11(21)6-16(19)30(27)29)13-7-12(3-4-14(13)22)25-17(28)15-5-2-10(20)9-24-15/h2-5,7,9,11,16H,6,8H2,1H3,(H2,23,26)(H,25,28). The van der Waals surface area contributed by atoms with Crippen LogP contribution in [0.3, 0.4) is 0 Å². The van der Waals surface area contributed by atoms with Crippen molar-refractivity contribution in [3.63, 3.8) is 0 Å². The second-order valence-electron chi connectivity index (χ2n) is 7.25. The molecule has 1 aliphatic carbocycles. The lowest BCUT2D eigenvalue weighted by atomic mass is 9.86. The predicted molar refractivity (Wildman–Crippen MR) is 105 cm³/mol. The quantitative estimate of drug-likeness (QED) is 0.640. The fourth-order valence-corrected chi connectivity index (χ4v) is 5.56. The fourth-order valence-electron chi connectivity index (χ4n) is 3.96. The van der Waals surface area contributed by atoms with Gasteiger partial charge in [-0.15, -0.1) is 0 Å². The van der Waals surface area contributed by atoms with Gasteiger partial charge < -0.3 is 15.2 Å². The summed E-state index contributed by atoms with van der Waals surface area (Å²) in [5.74, 6) is -2.10. The number of carbonyl (C=O) groups excluding carboxylic acids is 1. The summed E-state index contributed by atoms with van der Waals surface area (Å²) < 4.78 is 56.2. The summed E-state index contributed by atoms with van der Waals surface area (Å²) in [6.07, 6.45) is -0.634. The van der Waals surface area contributed by atoms with E-state index in [2.05, 4.69) is 15.6 Å². The molecule has 1 aliphatic heterocycles. The number of carbonyl (C=O) groups is 1. The minimum atomic E-state index is -1.73. The van der Waals surface area contributed by atoms with Gasteiger partial charge in [0.1, 0.15) is 29.0 Å². The van der Waals surface area contributed by atoms with E-state index in [0.29, 0.717) is 0 Å². The molecule has 11 heteroatoms.